The Kier molecular flexibility index (Phi) is 3.93. The van der Waals surface area contributed by atoms with Gasteiger partial charge in [-0.3, -0.25) is 0 Å². The van der Waals surface area contributed by atoms with Gasteiger partial charge in [0, 0.05) is 35.9 Å². The van der Waals surface area contributed by atoms with Crippen molar-refractivity contribution in [3.05, 3.63) is 58.4 Å². The minimum atomic E-state index is -0.803. The molecule has 0 amide bonds. The molecule has 3 heterocycles. The third kappa shape index (κ3) is 2.98. The van der Waals surface area contributed by atoms with Crippen molar-refractivity contribution in [3.8, 4) is 0 Å². The number of anilines is 1. The Balaban J connectivity index is 1.61. The molecular formula is C19H21ClN4O. The zero-order valence-electron chi connectivity index (χ0n) is 14.4. The molecule has 5 nitrogen and oxygen atoms in total. The maximum Gasteiger partial charge on any atom is 0.157 e. The van der Waals surface area contributed by atoms with E-state index in [0.29, 0.717) is 17.9 Å². The van der Waals surface area contributed by atoms with Gasteiger partial charge in [-0.15, -0.1) is 0 Å². The SMILES string of the molecule is Cc1cc(N2CCC(O)(c3ccc(Cl)cc3)CC2)n2nc(C)cc2n1. The third-order valence-corrected chi connectivity index (χ3v) is 5.21. The number of nitrogens with zero attached hydrogens (tertiary/aromatic N) is 4. The highest BCUT2D eigenvalue weighted by molar-refractivity contribution is 6.30. The summed E-state index contributed by atoms with van der Waals surface area (Å²) in [5.74, 6) is 1.04. The van der Waals surface area contributed by atoms with Gasteiger partial charge in [-0.1, -0.05) is 23.7 Å². The van der Waals surface area contributed by atoms with Gasteiger partial charge in [-0.25, -0.2) is 4.98 Å². The smallest absolute Gasteiger partial charge is 0.157 e. The monoisotopic (exact) mass is 356 g/mol. The molecule has 2 aromatic heterocycles. The van der Waals surface area contributed by atoms with Crippen LogP contribution in [0.2, 0.25) is 5.02 Å². The fourth-order valence-corrected chi connectivity index (χ4v) is 3.70. The molecule has 1 aliphatic rings. The van der Waals surface area contributed by atoms with Gasteiger partial charge in [0.15, 0.2) is 5.65 Å². The maximum atomic E-state index is 11.1. The topological polar surface area (TPSA) is 53.7 Å². The van der Waals surface area contributed by atoms with E-state index in [1.807, 2.05) is 48.7 Å². The Morgan fingerprint density at radius 3 is 2.40 bits per heavy atom. The first-order chi connectivity index (χ1) is 11.9. The van der Waals surface area contributed by atoms with Crippen molar-refractivity contribution in [1.82, 2.24) is 14.6 Å². The second kappa shape index (κ2) is 6.00. The Bertz CT molecular complexity index is 911. The number of rotatable bonds is 2. The second-order valence-corrected chi connectivity index (χ2v) is 7.27. The van der Waals surface area contributed by atoms with Crippen LogP contribution in [-0.4, -0.2) is 32.8 Å². The zero-order chi connectivity index (χ0) is 17.6. The standard InChI is InChI=1S/C19H21ClN4O/c1-13-12-18(24-17(21-13)11-14(2)22-24)23-9-7-19(25,8-10-23)15-3-5-16(20)6-4-15/h3-6,11-12,25H,7-10H2,1-2H3. The number of aryl methyl sites for hydroxylation is 2. The number of aromatic nitrogens is 3. The van der Waals surface area contributed by atoms with Crippen molar-refractivity contribution in [2.24, 2.45) is 0 Å². The summed E-state index contributed by atoms with van der Waals surface area (Å²) in [6.45, 7) is 5.50. The van der Waals surface area contributed by atoms with Crippen LogP contribution < -0.4 is 4.90 Å². The van der Waals surface area contributed by atoms with Crippen molar-refractivity contribution in [3.63, 3.8) is 0 Å². The van der Waals surface area contributed by atoms with Crippen LogP contribution in [0.3, 0.4) is 0 Å². The maximum absolute atomic E-state index is 11.1. The molecule has 0 aliphatic carbocycles. The minimum Gasteiger partial charge on any atom is -0.385 e. The summed E-state index contributed by atoms with van der Waals surface area (Å²) in [7, 11) is 0. The zero-order valence-corrected chi connectivity index (χ0v) is 15.2. The molecule has 1 aliphatic heterocycles. The van der Waals surface area contributed by atoms with Gasteiger partial charge in [0.1, 0.15) is 5.82 Å². The molecule has 1 fully saturated rings. The number of hydrogen-bond acceptors (Lipinski definition) is 4. The largest absolute Gasteiger partial charge is 0.385 e. The molecule has 0 bridgehead atoms. The average Bonchev–Trinajstić information content (AvgIpc) is 2.95. The fourth-order valence-electron chi connectivity index (χ4n) is 3.57. The van der Waals surface area contributed by atoms with Crippen LogP contribution in [0, 0.1) is 13.8 Å². The highest BCUT2D eigenvalue weighted by Gasteiger charge is 2.34. The molecule has 3 aromatic rings. The van der Waals surface area contributed by atoms with Crippen LogP contribution >= 0.6 is 11.6 Å². The molecule has 0 radical (unpaired) electrons. The van der Waals surface area contributed by atoms with Crippen molar-refractivity contribution in [2.75, 3.05) is 18.0 Å². The van der Waals surface area contributed by atoms with Gasteiger partial charge in [0.05, 0.1) is 11.3 Å². The Morgan fingerprint density at radius 1 is 1.04 bits per heavy atom. The van der Waals surface area contributed by atoms with Crippen molar-refractivity contribution >= 4 is 23.1 Å². The first kappa shape index (κ1) is 16.4. The van der Waals surface area contributed by atoms with E-state index in [-0.39, 0.29) is 0 Å². The van der Waals surface area contributed by atoms with E-state index < -0.39 is 5.60 Å². The third-order valence-electron chi connectivity index (χ3n) is 4.95. The summed E-state index contributed by atoms with van der Waals surface area (Å²) in [5.41, 5.74) is 2.92. The summed E-state index contributed by atoms with van der Waals surface area (Å²) in [6, 6.07) is 11.6. The van der Waals surface area contributed by atoms with Crippen LogP contribution in [0.5, 0.6) is 0 Å². The van der Waals surface area contributed by atoms with Crippen LogP contribution in [0.1, 0.15) is 29.8 Å². The number of aliphatic hydroxyl groups is 1. The van der Waals surface area contributed by atoms with Crippen LogP contribution in [0.4, 0.5) is 5.82 Å². The molecular weight excluding hydrogens is 336 g/mol. The normalized spacial score (nSPS) is 17.2. The van der Waals surface area contributed by atoms with Crippen molar-refractivity contribution in [2.45, 2.75) is 32.3 Å². The van der Waals surface area contributed by atoms with E-state index in [1.165, 1.54) is 0 Å². The molecule has 1 saturated heterocycles. The number of hydrogen-bond donors (Lipinski definition) is 1. The lowest BCUT2D eigenvalue weighted by atomic mass is 9.84. The molecule has 25 heavy (non-hydrogen) atoms. The fraction of sp³-hybridized carbons (Fsp3) is 0.368. The number of benzene rings is 1. The van der Waals surface area contributed by atoms with Crippen LogP contribution in [0.15, 0.2) is 36.4 Å². The number of piperidine rings is 1. The minimum absolute atomic E-state index is 0.664. The number of fused-ring (bicyclic) bond motifs is 1. The quantitative estimate of drug-likeness (QED) is 0.763. The summed E-state index contributed by atoms with van der Waals surface area (Å²) < 4.78 is 1.90. The molecule has 0 saturated carbocycles. The van der Waals surface area contributed by atoms with E-state index in [4.69, 9.17) is 11.6 Å². The Hall–Kier alpha value is -2.11. The van der Waals surface area contributed by atoms with Gasteiger partial charge in [-0.2, -0.15) is 9.61 Å². The molecule has 0 spiro atoms. The Labute approximate surface area is 151 Å². The average molecular weight is 357 g/mol. The highest BCUT2D eigenvalue weighted by Crippen LogP contribution is 2.35. The lowest BCUT2D eigenvalue weighted by molar-refractivity contribution is 0.0116. The summed E-state index contributed by atoms with van der Waals surface area (Å²) in [6.07, 6.45) is 1.33. The second-order valence-electron chi connectivity index (χ2n) is 6.84. The van der Waals surface area contributed by atoms with Crippen molar-refractivity contribution in [1.29, 1.82) is 0 Å². The summed E-state index contributed by atoms with van der Waals surface area (Å²) in [4.78, 5) is 6.82. The first-order valence-corrected chi connectivity index (χ1v) is 8.90. The lowest BCUT2D eigenvalue weighted by Crippen LogP contribution is -2.43. The van der Waals surface area contributed by atoms with E-state index in [0.717, 1.165) is 41.5 Å². The highest BCUT2D eigenvalue weighted by atomic mass is 35.5. The van der Waals surface area contributed by atoms with Crippen LogP contribution in [-0.2, 0) is 5.60 Å². The molecule has 0 atom stereocenters. The molecule has 1 N–H and O–H groups in total. The van der Waals surface area contributed by atoms with Gasteiger partial charge in [-0.05, 0) is 44.4 Å². The van der Waals surface area contributed by atoms with Crippen LogP contribution in [0.25, 0.3) is 5.65 Å². The molecule has 130 valence electrons. The Morgan fingerprint density at radius 2 is 1.72 bits per heavy atom. The molecule has 4 rings (SSSR count). The van der Waals surface area contributed by atoms with Gasteiger partial charge >= 0.3 is 0 Å². The van der Waals surface area contributed by atoms with E-state index in [9.17, 15) is 5.11 Å². The first-order valence-electron chi connectivity index (χ1n) is 8.52. The predicted octanol–water partition coefficient (Wildman–Crippen LogP) is 3.49. The van der Waals surface area contributed by atoms with E-state index in [1.54, 1.807) is 0 Å². The van der Waals surface area contributed by atoms with Crippen molar-refractivity contribution < 1.29 is 5.11 Å². The van der Waals surface area contributed by atoms with Gasteiger partial charge < -0.3 is 10.0 Å². The van der Waals surface area contributed by atoms with E-state index in [2.05, 4.69) is 21.0 Å². The van der Waals surface area contributed by atoms with E-state index >= 15 is 0 Å². The van der Waals surface area contributed by atoms with Gasteiger partial charge in [0.25, 0.3) is 0 Å². The summed E-state index contributed by atoms with van der Waals surface area (Å²) >= 11 is 5.97. The molecule has 0 unspecified atom stereocenters. The molecule has 6 heteroatoms. The summed E-state index contributed by atoms with van der Waals surface area (Å²) in [5, 5.41) is 16.3. The molecule has 1 aromatic carbocycles. The number of halogens is 1. The van der Waals surface area contributed by atoms with Gasteiger partial charge in [0.2, 0.25) is 0 Å². The lowest BCUT2D eigenvalue weighted by Gasteiger charge is -2.39. The predicted molar refractivity (Wildman–Crippen MR) is 99.3 cm³/mol.